The lowest BCUT2D eigenvalue weighted by Gasteiger charge is -2.29. The van der Waals surface area contributed by atoms with Crippen LogP contribution >= 0.6 is 11.3 Å². The summed E-state index contributed by atoms with van der Waals surface area (Å²) in [6, 6.07) is 4.15. The Kier molecular flexibility index (Phi) is 4.92. The maximum absolute atomic E-state index is 11.3. The molecule has 16 heavy (non-hydrogen) atoms. The topological polar surface area (TPSA) is 58.4 Å². The zero-order chi connectivity index (χ0) is 12.1. The van der Waals surface area contributed by atoms with Crippen LogP contribution in [0.3, 0.4) is 0 Å². The van der Waals surface area contributed by atoms with Gasteiger partial charge in [0.2, 0.25) is 5.91 Å². The Labute approximate surface area is 100 Å². The van der Waals surface area contributed by atoms with Gasteiger partial charge < -0.3 is 11.1 Å². The summed E-state index contributed by atoms with van der Waals surface area (Å²) in [5.41, 5.74) is 5.98. The van der Waals surface area contributed by atoms with Crippen LogP contribution in [-0.2, 0) is 4.79 Å². The second kappa shape index (κ2) is 5.98. The minimum atomic E-state index is -0.00620. The van der Waals surface area contributed by atoms with E-state index >= 15 is 0 Å². The molecule has 0 saturated heterocycles. The molecule has 1 aromatic rings. The van der Waals surface area contributed by atoms with E-state index in [4.69, 9.17) is 5.73 Å². The van der Waals surface area contributed by atoms with Crippen LogP contribution in [0, 0.1) is 0 Å². The summed E-state index contributed by atoms with van der Waals surface area (Å²) < 4.78 is 0. The molecular formula is C11H19N3OS. The Morgan fingerprint density at radius 1 is 1.69 bits per heavy atom. The molecule has 1 aromatic heterocycles. The second-order valence-corrected chi connectivity index (χ2v) is 4.89. The van der Waals surface area contributed by atoms with E-state index in [9.17, 15) is 4.79 Å². The van der Waals surface area contributed by atoms with E-state index in [-0.39, 0.29) is 18.0 Å². The number of amides is 1. The zero-order valence-corrected chi connectivity index (χ0v) is 10.8. The van der Waals surface area contributed by atoms with Gasteiger partial charge in [0.25, 0.3) is 0 Å². The van der Waals surface area contributed by atoms with Crippen LogP contribution in [0.1, 0.15) is 17.8 Å². The molecular weight excluding hydrogens is 222 g/mol. The third-order valence-electron chi connectivity index (χ3n) is 2.48. The van der Waals surface area contributed by atoms with Crippen molar-refractivity contribution in [2.45, 2.75) is 19.0 Å². The number of rotatable bonds is 5. The number of likely N-dealkylation sites (N-methyl/N-ethyl adjacent to an activating group) is 2. The average molecular weight is 241 g/mol. The van der Waals surface area contributed by atoms with Crippen molar-refractivity contribution in [2.24, 2.45) is 5.73 Å². The highest BCUT2D eigenvalue weighted by molar-refractivity contribution is 7.10. The molecule has 1 amide bonds. The summed E-state index contributed by atoms with van der Waals surface area (Å²) in [7, 11) is 3.56. The van der Waals surface area contributed by atoms with Crippen molar-refractivity contribution in [1.82, 2.24) is 10.2 Å². The van der Waals surface area contributed by atoms with Gasteiger partial charge in [-0.05, 0) is 25.4 Å². The van der Waals surface area contributed by atoms with E-state index in [1.165, 1.54) is 4.88 Å². The van der Waals surface area contributed by atoms with Crippen molar-refractivity contribution in [3.63, 3.8) is 0 Å². The maximum Gasteiger partial charge on any atom is 0.233 e. The molecule has 90 valence electrons. The fourth-order valence-electron chi connectivity index (χ4n) is 1.74. The maximum atomic E-state index is 11.3. The van der Waals surface area contributed by atoms with E-state index in [2.05, 4.69) is 11.4 Å². The summed E-state index contributed by atoms with van der Waals surface area (Å²) in [6.45, 7) is 2.32. The minimum absolute atomic E-state index is 0.00436. The van der Waals surface area contributed by atoms with Gasteiger partial charge in [0.1, 0.15) is 0 Å². The van der Waals surface area contributed by atoms with Crippen molar-refractivity contribution in [2.75, 3.05) is 20.6 Å². The Balaban J connectivity index is 2.75. The van der Waals surface area contributed by atoms with Gasteiger partial charge in [0.05, 0.1) is 12.6 Å². The first-order valence-corrected chi connectivity index (χ1v) is 6.14. The lowest BCUT2D eigenvalue weighted by molar-refractivity contribution is -0.122. The normalized spacial score (nSPS) is 14.8. The van der Waals surface area contributed by atoms with Gasteiger partial charge in [0, 0.05) is 18.0 Å². The van der Waals surface area contributed by atoms with Crippen LogP contribution in [-0.4, -0.2) is 37.5 Å². The molecule has 0 aromatic carbocycles. The molecule has 3 N–H and O–H groups in total. The fraction of sp³-hybridized carbons (Fsp3) is 0.545. The van der Waals surface area contributed by atoms with Gasteiger partial charge in [-0.3, -0.25) is 9.69 Å². The molecule has 2 unspecified atom stereocenters. The number of nitrogens with two attached hydrogens (primary N) is 1. The highest BCUT2D eigenvalue weighted by Crippen LogP contribution is 2.26. The van der Waals surface area contributed by atoms with E-state index < -0.39 is 0 Å². The SMILES string of the molecule is CNC(=O)CN(C)C(c1cccs1)C(C)N. The van der Waals surface area contributed by atoms with Crippen LogP contribution < -0.4 is 11.1 Å². The van der Waals surface area contributed by atoms with Crippen LogP contribution in [0.15, 0.2) is 17.5 Å². The smallest absolute Gasteiger partial charge is 0.233 e. The predicted molar refractivity (Wildman–Crippen MR) is 67.4 cm³/mol. The molecule has 0 bridgehead atoms. The molecule has 1 heterocycles. The number of hydrogen-bond acceptors (Lipinski definition) is 4. The molecule has 0 fully saturated rings. The van der Waals surface area contributed by atoms with Crippen molar-refractivity contribution in [3.05, 3.63) is 22.4 Å². The Hall–Kier alpha value is -0.910. The molecule has 0 saturated carbocycles. The average Bonchev–Trinajstić information content (AvgIpc) is 2.70. The fourth-order valence-corrected chi connectivity index (χ4v) is 2.75. The molecule has 1 rings (SSSR count). The first-order valence-electron chi connectivity index (χ1n) is 5.26. The monoisotopic (exact) mass is 241 g/mol. The first kappa shape index (κ1) is 13.2. The van der Waals surface area contributed by atoms with Crippen LogP contribution in [0.25, 0.3) is 0 Å². The van der Waals surface area contributed by atoms with Crippen molar-refractivity contribution >= 4 is 17.2 Å². The zero-order valence-electron chi connectivity index (χ0n) is 9.93. The molecule has 0 aliphatic heterocycles. The lowest BCUT2D eigenvalue weighted by atomic mass is 10.1. The molecule has 2 atom stereocenters. The summed E-state index contributed by atoms with van der Waals surface area (Å²) in [5.74, 6) is 0.00436. The van der Waals surface area contributed by atoms with E-state index in [0.29, 0.717) is 6.54 Å². The van der Waals surface area contributed by atoms with E-state index in [1.807, 2.05) is 30.3 Å². The van der Waals surface area contributed by atoms with Gasteiger partial charge in [-0.25, -0.2) is 0 Å². The molecule has 0 aliphatic rings. The standard InChI is InChI=1S/C11H19N3OS/c1-8(12)11(9-5-4-6-16-9)14(3)7-10(15)13-2/h4-6,8,11H,7,12H2,1-3H3,(H,13,15). The predicted octanol–water partition coefficient (Wildman–Crippen LogP) is 0.814. The number of hydrogen-bond donors (Lipinski definition) is 2. The summed E-state index contributed by atoms with van der Waals surface area (Å²) >= 11 is 1.67. The van der Waals surface area contributed by atoms with Gasteiger partial charge >= 0.3 is 0 Å². The van der Waals surface area contributed by atoms with Gasteiger partial charge in [0.15, 0.2) is 0 Å². The summed E-state index contributed by atoms with van der Waals surface area (Å²) in [5, 5.41) is 4.64. The number of nitrogens with zero attached hydrogens (tertiary/aromatic N) is 1. The number of nitrogens with one attached hydrogen (secondary N) is 1. The van der Waals surface area contributed by atoms with Crippen LogP contribution in [0.2, 0.25) is 0 Å². The van der Waals surface area contributed by atoms with Crippen molar-refractivity contribution < 1.29 is 4.79 Å². The largest absolute Gasteiger partial charge is 0.358 e. The van der Waals surface area contributed by atoms with E-state index in [1.54, 1.807) is 18.4 Å². The van der Waals surface area contributed by atoms with Gasteiger partial charge in [-0.1, -0.05) is 6.07 Å². The van der Waals surface area contributed by atoms with E-state index in [0.717, 1.165) is 0 Å². The second-order valence-electron chi connectivity index (χ2n) is 3.91. The number of thiophene rings is 1. The van der Waals surface area contributed by atoms with Crippen molar-refractivity contribution in [1.29, 1.82) is 0 Å². The molecule has 0 aliphatic carbocycles. The highest BCUT2D eigenvalue weighted by atomic mass is 32.1. The third kappa shape index (κ3) is 3.30. The molecule has 0 spiro atoms. The van der Waals surface area contributed by atoms with Crippen LogP contribution in [0.5, 0.6) is 0 Å². The Morgan fingerprint density at radius 3 is 2.81 bits per heavy atom. The first-order chi connectivity index (χ1) is 7.56. The quantitative estimate of drug-likeness (QED) is 0.802. The highest BCUT2D eigenvalue weighted by Gasteiger charge is 2.23. The summed E-state index contributed by atoms with van der Waals surface area (Å²) in [4.78, 5) is 14.5. The third-order valence-corrected chi connectivity index (χ3v) is 3.42. The van der Waals surface area contributed by atoms with Gasteiger partial charge in [-0.2, -0.15) is 0 Å². The van der Waals surface area contributed by atoms with Gasteiger partial charge in [-0.15, -0.1) is 11.3 Å². The van der Waals surface area contributed by atoms with Crippen LogP contribution in [0.4, 0.5) is 0 Å². The number of carbonyl (C=O) groups is 1. The molecule has 5 heteroatoms. The lowest BCUT2D eigenvalue weighted by Crippen LogP contribution is -2.41. The molecule has 0 radical (unpaired) electrons. The van der Waals surface area contributed by atoms with Crippen molar-refractivity contribution in [3.8, 4) is 0 Å². The Bertz CT molecular complexity index is 324. The molecule has 4 nitrogen and oxygen atoms in total. The minimum Gasteiger partial charge on any atom is -0.358 e. The Morgan fingerprint density at radius 2 is 2.38 bits per heavy atom. The number of carbonyl (C=O) groups excluding carboxylic acids is 1. The summed E-state index contributed by atoms with van der Waals surface area (Å²) in [6.07, 6.45) is 0.